The molecule has 0 bridgehead atoms. The lowest BCUT2D eigenvalue weighted by atomic mass is 10.1. The van der Waals surface area contributed by atoms with E-state index >= 15 is 0 Å². The van der Waals surface area contributed by atoms with Crippen LogP contribution in [0, 0.1) is 11.8 Å². The van der Waals surface area contributed by atoms with Gasteiger partial charge >= 0.3 is 12.2 Å². The number of aromatic amines is 2. The summed E-state index contributed by atoms with van der Waals surface area (Å²) in [6.07, 6.45) is 6.74. The van der Waals surface area contributed by atoms with Crippen LogP contribution in [0.1, 0.15) is 96.2 Å². The Labute approximate surface area is 287 Å². The number of imidazole rings is 2. The Morgan fingerprint density at radius 3 is 1.78 bits per heavy atom. The molecule has 10 nitrogen and oxygen atoms in total. The highest BCUT2D eigenvalue weighted by Crippen LogP contribution is 2.34. The number of carbonyl (C=O) groups excluding carboxylic acids is 2. The first-order valence-electron chi connectivity index (χ1n) is 16.7. The molecular formula is C39H44N6O4. The predicted molar refractivity (Wildman–Crippen MR) is 188 cm³/mol. The van der Waals surface area contributed by atoms with Crippen molar-refractivity contribution in [3.63, 3.8) is 0 Å². The zero-order valence-electron chi connectivity index (χ0n) is 29.3. The van der Waals surface area contributed by atoms with Crippen LogP contribution in [0.3, 0.4) is 0 Å². The van der Waals surface area contributed by atoms with Crippen molar-refractivity contribution in [2.75, 3.05) is 13.1 Å². The molecule has 2 aliphatic rings. The van der Waals surface area contributed by atoms with E-state index in [2.05, 4.69) is 31.8 Å². The minimum Gasteiger partial charge on any atom is -0.444 e. The molecule has 2 aromatic heterocycles. The number of rotatable bonds is 4. The lowest BCUT2D eigenvalue weighted by molar-refractivity contribution is 0.0213. The number of aromatic nitrogens is 4. The Morgan fingerprint density at radius 1 is 0.755 bits per heavy atom. The molecule has 0 unspecified atom stereocenters. The van der Waals surface area contributed by atoms with Crippen molar-refractivity contribution in [1.82, 2.24) is 29.7 Å². The zero-order chi connectivity index (χ0) is 34.9. The number of likely N-dealkylation sites (tertiary alicyclic amines) is 1. The van der Waals surface area contributed by atoms with Gasteiger partial charge in [0.2, 0.25) is 0 Å². The van der Waals surface area contributed by atoms with Crippen LogP contribution in [-0.4, -0.2) is 66.2 Å². The third-order valence-corrected chi connectivity index (χ3v) is 8.24. The summed E-state index contributed by atoms with van der Waals surface area (Å²) in [6.45, 7) is 14.4. The van der Waals surface area contributed by atoms with E-state index < -0.39 is 11.2 Å². The highest BCUT2D eigenvalue weighted by molar-refractivity contribution is 5.71. The topological polar surface area (TPSA) is 116 Å². The van der Waals surface area contributed by atoms with Crippen molar-refractivity contribution in [3.8, 4) is 34.4 Å². The Morgan fingerprint density at radius 2 is 1.24 bits per heavy atom. The van der Waals surface area contributed by atoms with Gasteiger partial charge in [0.05, 0.1) is 29.8 Å². The summed E-state index contributed by atoms with van der Waals surface area (Å²) in [4.78, 5) is 45.1. The summed E-state index contributed by atoms with van der Waals surface area (Å²) in [6, 6.07) is 15.6. The van der Waals surface area contributed by atoms with Gasteiger partial charge < -0.3 is 19.4 Å². The van der Waals surface area contributed by atoms with Gasteiger partial charge in [-0.2, -0.15) is 0 Å². The fourth-order valence-electron chi connectivity index (χ4n) is 5.99. The number of nitrogens with one attached hydrogen (secondary N) is 2. The first-order valence-corrected chi connectivity index (χ1v) is 16.7. The van der Waals surface area contributed by atoms with Crippen LogP contribution >= 0.6 is 0 Å². The molecule has 49 heavy (non-hydrogen) atoms. The molecule has 0 saturated carbocycles. The van der Waals surface area contributed by atoms with Crippen LogP contribution in [0.4, 0.5) is 9.59 Å². The standard InChI is InChI=1S/C39H44N6O4/c1-25-21-33(45(24-25)37(47)49-39(5,6)7)35-41-23-31(43-35)29-18-14-27(15-19-29)11-10-26-12-16-28(17-13-26)30-22-40-34(42-30)32-9-8-20-44(32)36(46)48-38(2,3)4/h12-19,21-23,32-33H,8-9,20,24H2,1-7H3,(H,40,42)(H,41,43)/t32-,33-/m0/s1. The summed E-state index contributed by atoms with van der Waals surface area (Å²) in [7, 11) is 0. The minimum atomic E-state index is -0.574. The fraction of sp³-hybridized carbons (Fsp3) is 0.385. The quantitative estimate of drug-likeness (QED) is 0.169. The SMILES string of the molecule is CC1=C[C@@H](c2ncc(-c3ccc(C#Cc4ccc(-c5cnc([C@@H]6CCCN6C(=O)OC(C)(C)C)[nH]5)cc4)cc3)[nH]2)N(C(=O)OC(C)(C)C)C1. The van der Waals surface area contributed by atoms with E-state index in [4.69, 9.17) is 9.47 Å². The number of hydrogen-bond acceptors (Lipinski definition) is 6. The van der Waals surface area contributed by atoms with Crippen molar-refractivity contribution < 1.29 is 19.1 Å². The number of ether oxygens (including phenoxy) is 2. The van der Waals surface area contributed by atoms with E-state index in [1.54, 1.807) is 16.0 Å². The fourth-order valence-corrected chi connectivity index (χ4v) is 5.99. The van der Waals surface area contributed by atoms with Crippen molar-refractivity contribution in [2.45, 2.75) is 84.6 Å². The molecule has 4 heterocycles. The second kappa shape index (κ2) is 13.3. The number of hydrogen-bond donors (Lipinski definition) is 2. The van der Waals surface area contributed by atoms with E-state index in [0.717, 1.165) is 57.9 Å². The summed E-state index contributed by atoms with van der Waals surface area (Å²) in [5, 5.41) is 0. The van der Waals surface area contributed by atoms with Crippen LogP contribution in [0.5, 0.6) is 0 Å². The van der Waals surface area contributed by atoms with Gasteiger partial charge in [-0.1, -0.05) is 47.8 Å². The Kier molecular flexibility index (Phi) is 9.12. The maximum atomic E-state index is 12.9. The highest BCUT2D eigenvalue weighted by atomic mass is 16.6. The van der Waals surface area contributed by atoms with Gasteiger partial charge in [-0.05, 0) is 96.7 Å². The van der Waals surface area contributed by atoms with Crippen molar-refractivity contribution >= 4 is 12.2 Å². The second-order valence-electron chi connectivity index (χ2n) is 14.7. The minimum absolute atomic E-state index is 0.126. The molecule has 2 amide bonds. The largest absolute Gasteiger partial charge is 0.444 e. The molecular weight excluding hydrogens is 616 g/mol. The predicted octanol–water partition coefficient (Wildman–Crippen LogP) is 8.18. The molecule has 4 aromatic rings. The highest BCUT2D eigenvalue weighted by Gasteiger charge is 2.35. The smallest absolute Gasteiger partial charge is 0.411 e. The van der Waals surface area contributed by atoms with Crippen LogP contribution in [0.25, 0.3) is 22.5 Å². The Balaban J connectivity index is 1.09. The van der Waals surface area contributed by atoms with Gasteiger partial charge in [0, 0.05) is 24.2 Å². The van der Waals surface area contributed by atoms with Gasteiger partial charge in [0.1, 0.15) is 28.9 Å². The number of H-pyrrole nitrogens is 2. The first kappa shape index (κ1) is 33.6. The monoisotopic (exact) mass is 660 g/mol. The third-order valence-electron chi connectivity index (χ3n) is 8.24. The molecule has 1 saturated heterocycles. The molecule has 2 N–H and O–H groups in total. The maximum Gasteiger partial charge on any atom is 0.411 e. The average molecular weight is 661 g/mol. The zero-order valence-corrected chi connectivity index (χ0v) is 29.3. The molecule has 2 aliphatic heterocycles. The summed E-state index contributed by atoms with van der Waals surface area (Å²) >= 11 is 0. The van der Waals surface area contributed by atoms with Crippen LogP contribution in [0.2, 0.25) is 0 Å². The van der Waals surface area contributed by atoms with Crippen molar-refractivity contribution in [3.05, 3.63) is 95.3 Å². The maximum absolute atomic E-state index is 12.9. The number of carbonyl (C=O) groups is 2. The normalized spacial score (nSPS) is 17.8. The third kappa shape index (κ3) is 8.06. The molecule has 0 radical (unpaired) electrons. The molecule has 0 spiro atoms. The molecule has 10 heteroatoms. The van der Waals surface area contributed by atoms with Gasteiger partial charge in [0.15, 0.2) is 0 Å². The van der Waals surface area contributed by atoms with Crippen LogP contribution < -0.4 is 0 Å². The number of amides is 2. The van der Waals surface area contributed by atoms with E-state index in [0.29, 0.717) is 18.9 Å². The second-order valence-corrected chi connectivity index (χ2v) is 14.7. The summed E-state index contributed by atoms with van der Waals surface area (Å²) in [5.41, 5.74) is 5.48. The summed E-state index contributed by atoms with van der Waals surface area (Å²) in [5.74, 6) is 7.97. The average Bonchev–Trinajstić information content (AvgIpc) is 3.85. The van der Waals surface area contributed by atoms with E-state index in [9.17, 15) is 9.59 Å². The van der Waals surface area contributed by atoms with Gasteiger partial charge in [-0.3, -0.25) is 9.80 Å². The van der Waals surface area contributed by atoms with Crippen molar-refractivity contribution in [2.24, 2.45) is 0 Å². The molecule has 2 aromatic carbocycles. The number of nitrogens with zero attached hydrogens (tertiary/aromatic N) is 4. The number of benzene rings is 2. The van der Waals surface area contributed by atoms with E-state index in [1.165, 1.54) is 0 Å². The molecule has 2 atom stereocenters. The lowest BCUT2D eigenvalue weighted by Gasteiger charge is -2.27. The molecule has 254 valence electrons. The molecule has 1 fully saturated rings. The summed E-state index contributed by atoms with van der Waals surface area (Å²) < 4.78 is 11.2. The van der Waals surface area contributed by atoms with Gasteiger partial charge in [-0.15, -0.1) is 0 Å². The Hall–Kier alpha value is -5.30. The van der Waals surface area contributed by atoms with E-state index in [-0.39, 0.29) is 24.3 Å². The van der Waals surface area contributed by atoms with Gasteiger partial charge in [0.25, 0.3) is 0 Å². The Bertz CT molecular complexity index is 1910. The molecule has 6 rings (SSSR count). The van der Waals surface area contributed by atoms with Gasteiger partial charge in [-0.25, -0.2) is 19.6 Å². The first-order chi connectivity index (χ1) is 23.2. The molecule has 0 aliphatic carbocycles. The van der Waals surface area contributed by atoms with Crippen molar-refractivity contribution in [1.29, 1.82) is 0 Å². The lowest BCUT2D eigenvalue weighted by Crippen LogP contribution is -2.37. The van der Waals surface area contributed by atoms with E-state index in [1.807, 2.05) is 109 Å². The van der Waals surface area contributed by atoms with Crippen LogP contribution in [-0.2, 0) is 9.47 Å². The van der Waals surface area contributed by atoms with Crippen LogP contribution in [0.15, 0.2) is 72.6 Å².